The van der Waals surface area contributed by atoms with Gasteiger partial charge in [-0.25, -0.2) is 0 Å². The second-order valence-electron chi connectivity index (χ2n) is 4.62. The van der Waals surface area contributed by atoms with Crippen LogP contribution in [0.15, 0.2) is 53.2 Å². The summed E-state index contributed by atoms with van der Waals surface area (Å²) in [7, 11) is 0. The quantitative estimate of drug-likeness (QED) is 0.788. The molecule has 3 aromatic rings. The molecular weight excluding hydrogens is 290 g/mol. The van der Waals surface area contributed by atoms with E-state index in [1.165, 1.54) is 0 Å². The highest BCUT2D eigenvalue weighted by Crippen LogP contribution is 2.31. The maximum absolute atomic E-state index is 5.93. The summed E-state index contributed by atoms with van der Waals surface area (Å²) in [5.74, 6) is 1.35. The highest BCUT2D eigenvalue weighted by Gasteiger charge is 2.25. The van der Waals surface area contributed by atoms with Crippen LogP contribution in [-0.2, 0) is 0 Å². The first-order valence-electron chi connectivity index (χ1n) is 6.37. The number of halogens is 1. The number of fused-ring (bicyclic) bond motifs is 1. The maximum Gasteiger partial charge on any atom is 0.248 e. The standard InChI is InChI=1S/C14H10ClN5O/c15-10-5-3-9(4-6-10)11-8-12(13-2-1-7-21-13)20-14(16-11)17-18-19-20/h1-8,12H,(H,16,17,19)/t12-/m0/s1. The van der Waals surface area contributed by atoms with Gasteiger partial charge in [0.25, 0.3) is 0 Å². The van der Waals surface area contributed by atoms with Crippen LogP contribution in [0.25, 0.3) is 5.70 Å². The van der Waals surface area contributed by atoms with Crippen LogP contribution in [0.5, 0.6) is 0 Å². The first-order chi connectivity index (χ1) is 10.3. The lowest BCUT2D eigenvalue weighted by atomic mass is 10.1. The minimum absolute atomic E-state index is 0.183. The van der Waals surface area contributed by atoms with Gasteiger partial charge in [-0.15, -0.1) is 0 Å². The molecule has 7 heteroatoms. The lowest BCUT2D eigenvalue weighted by molar-refractivity contribution is 0.443. The summed E-state index contributed by atoms with van der Waals surface area (Å²) < 4.78 is 7.17. The first kappa shape index (κ1) is 12.2. The largest absolute Gasteiger partial charge is 0.467 e. The van der Waals surface area contributed by atoms with E-state index in [1.54, 1.807) is 10.9 Å². The summed E-state index contributed by atoms with van der Waals surface area (Å²) in [6.45, 7) is 0. The zero-order chi connectivity index (χ0) is 14.2. The molecule has 0 bridgehead atoms. The van der Waals surface area contributed by atoms with E-state index in [1.807, 2.05) is 42.5 Å². The molecule has 0 saturated carbocycles. The van der Waals surface area contributed by atoms with E-state index < -0.39 is 0 Å². The Morgan fingerprint density at radius 3 is 2.81 bits per heavy atom. The average molecular weight is 300 g/mol. The van der Waals surface area contributed by atoms with E-state index in [9.17, 15) is 0 Å². The molecule has 0 fully saturated rings. The second-order valence-corrected chi connectivity index (χ2v) is 5.06. The number of allylic oxidation sites excluding steroid dienone is 1. The third kappa shape index (κ3) is 2.09. The molecule has 3 heterocycles. The van der Waals surface area contributed by atoms with Crippen LogP contribution in [-0.4, -0.2) is 20.2 Å². The molecule has 0 amide bonds. The number of benzene rings is 1. The van der Waals surface area contributed by atoms with Gasteiger partial charge in [0.05, 0.1) is 6.26 Å². The molecule has 2 aromatic heterocycles. The molecule has 6 nitrogen and oxygen atoms in total. The van der Waals surface area contributed by atoms with Crippen LogP contribution in [0.4, 0.5) is 5.95 Å². The summed E-state index contributed by atoms with van der Waals surface area (Å²) in [5, 5.41) is 15.6. The minimum atomic E-state index is -0.183. The number of anilines is 1. The van der Waals surface area contributed by atoms with Crippen molar-refractivity contribution in [3.63, 3.8) is 0 Å². The van der Waals surface area contributed by atoms with Gasteiger partial charge in [0.2, 0.25) is 5.95 Å². The smallest absolute Gasteiger partial charge is 0.248 e. The van der Waals surface area contributed by atoms with Gasteiger partial charge in [-0.05, 0) is 46.3 Å². The van der Waals surface area contributed by atoms with Crippen molar-refractivity contribution in [1.82, 2.24) is 20.2 Å². The molecule has 0 aliphatic carbocycles. The van der Waals surface area contributed by atoms with E-state index in [-0.39, 0.29) is 6.04 Å². The fourth-order valence-electron chi connectivity index (χ4n) is 2.31. The van der Waals surface area contributed by atoms with Crippen LogP contribution in [0, 0.1) is 0 Å². The average Bonchev–Trinajstić information content (AvgIpc) is 3.18. The van der Waals surface area contributed by atoms with Crippen LogP contribution < -0.4 is 5.32 Å². The molecule has 21 heavy (non-hydrogen) atoms. The first-order valence-corrected chi connectivity index (χ1v) is 6.75. The number of nitrogens with one attached hydrogen (secondary N) is 1. The normalized spacial score (nSPS) is 17.0. The molecule has 0 unspecified atom stereocenters. The van der Waals surface area contributed by atoms with Crippen molar-refractivity contribution < 1.29 is 4.42 Å². The van der Waals surface area contributed by atoms with Crippen molar-refractivity contribution in [2.45, 2.75) is 6.04 Å². The predicted octanol–water partition coefficient (Wildman–Crippen LogP) is 2.98. The van der Waals surface area contributed by atoms with Crippen LogP contribution >= 0.6 is 11.6 Å². The monoisotopic (exact) mass is 299 g/mol. The Hall–Kier alpha value is -2.60. The van der Waals surface area contributed by atoms with E-state index in [0.717, 1.165) is 17.0 Å². The Morgan fingerprint density at radius 1 is 1.19 bits per heavy atom. The number of rotatable bonds is 2. The Balaban J connectivity index is 1.80. The molecule has 1 aromatic carbocycles. The number of furan rings is 1. The minimum Gasteiger partial charge on any atom is -0.467 e. The molecule has 1 N–H and O–H groups in total. The third-order valence-electron chi connectivity index (χ3n) is 3.32. The topological polar surface area (TPSA) is 68.8 Å². The van der Waals surface area contributed by atoms with Gasteiger partial charge in [0.15, 0.2) is 0 Å². The maximum atomic E-state index is 5.93. The zero-order valence-electron chi connectivity index (χ0n) is 10.8. The molecule has 4 rings (SSSR count). The zero-order valence-corrected chi connectivity index (χ0v) is 11.5. The summed E-state index contributed by atoms with van der Waals surface area (Å²) in [4.78, 5) is 0. The van der Waals surface area contributed by atoms with E-state index >= 15 is 0 Å². The Labute approximate surface area is 125 Å². The van der Waals surface area contributed by atoms with Crippen molar-refractivity contribution >= 4 is 23.2 Å². The van der Waals surface area contributed by atoms with Gasteiger partial charge in [0, 0.05) is 10.7 Å². The van der Waals surface area contributed by atoms with Gasteiger partial charge in [-0.2, -0.15) is 4.68 Å². The fraction of sp³-hybridized carbons (Fsp3) is 0.0714. The van der Waals surface area contributed by atoms with E-state index in [2.05, 4.69) is 20.8 Å². The van der Waals surface area contributed by atoms with Crippen LogP contribution in [0.3, 0.4) is 0 Å². The fourth-order valence-corrected chi connectivity index (χ4v) is 2.44. The summed E-state index contributed by atoms with van der Waals surface area (Å²) in [5.41, 5.74) is 1.92. The SMILES string of the molecule is Clc1ccc(C2=C[C@@H](c3ccco3)n3nnnc3N2)cc1. The predicted molar refractivity (Wildman–Crippen MR) is 77.7 cm³/mol. The van der Waals surface area contributed by atoms with Gasteiger partial charge >= 0.3 is 0 Å². The highest BCUT2D eigenvalue weighted by molar-refractivity contribution is 6.30. The van der Waals surface area contributed by atoms with Gasteiger partial charge < -0.3 is 9.73 Å². The van der Waals surface area contributed by atoms with Crippen molar-refractivity contribution in [3.05, 3.63) is 65.1 Å². The summed E-state index contributed by atoms with van der Waals surface area (Å²) in [6.07, 6.45) is 3.66. The highest BCUT2D eigenvalue weighted by atomic mass is 35.5. The molecule has 0 radical (unpaired) electrons. The van der Waals surface area contributed by atoms with Crippen molar-refractivity contribution in [2.75, 3.05) is 5.32 Å². The lowest BCUT2D eigenvalue weighted by Crippen LogP contribution is -2.19. The second kappa shape index (κ2) is 4.75. The molecule has 104 valence electrons. The molecule has 0 saturated heterocycles. The molecule has 1 atom stereocenters. The van der Waals surface area contributed by atoms with Crippen molar-refractivity contribution in [3.8, 4) is 0 Å². The number of tetrazole rings is 1. The van der Waals surface area contributed by atoms with E-state index in [4.69, 9.17) is 16.0 Å². The number of nitrogens with zero attached hydrogens (tertiary/aromatic N) is 4. The van der Waals surface area contributed by atoms with Crippen LogP contribution in [0.2, 0.25) is 5.02 Å². The number of hydrogen-bond donors (Lipinski definition) is 1. The van der Waals surface area contributed by atoms with Crippen LogP contribution in [0.1, 0.15) is 17.4 Å². The van der Waals surface area contributed by atoms with Gasteiger partial charge in [0.1, 0.15) is 11.8 Å². The molecule has 1 aliphatic rings. The Bertz CT molecular complexity index is 791. The molecule has 0 spiro atoms. The third-order valence-corrected chi connectivity index (χ3v) is 3.57. The number of hydrogen-bond acceptors (Lipinski definition) is 5. The van der Waals surface area contributed by atoms with Gasteiger partial charge in [-0.1, -0.05) is 28.8 Å². The Kier molecular flexibility index (Phi) is 2.75. The van der Waals surface area contributed by atoms with E-state index in [0.29, 0.717) is 11.0 Å². The van der Waals surface area contributed by atoms with Crippen molar-refractivity contribution in [2.24, 2.45) is 0 Å². The Morgan fingerprint density at radius 2 is 2.05 bits per heavy atom. The summed E-state index contributed by atoms with van der Waals surface area (Å²) >= 11 is 5.93. The molecule has 1 aliphatic heterocycles. The lowest BCUT2D eigenvalue weighted by Gasteiger charge is -2.21. The van der Waals surface area contributed by atoms with Gasteiger partial charge in [-0.3, -0.25) is 0 Å². The van der Waals surface area contributed by atoms with Crippen molar-refractivity contribution in [1.29, 1.82) is 0 Å². The molecular formula is C14H10ClN5O. The summed E-state index contributed by atoms with van der Waals surface area (Å²) in [6, 6.07) is 11.1. The number of aromatic nitrogens is 4.